The number of hydrogen-bond acceptors (Lipinski definition) is 3. The highest BCUT2D eigenvalue weighted by Gasteiger charge is 2.22. The van der Waals surface area contributed by atoms with E-state index in [1.807, 2.05) is 32.0 Å². The molecule has 0 bridgehead atoms. The maximum atomic E-state index is 12.5. The number of imidazole rings is 1. The molecule has 2 N–H and O–H groups in total. The van der Waals surface area contributed by atoms with Gasteiger partial charge in [-0.05, 0) is 43.5 Å². The van der Waals surface area contributed by atoms with Gasteiger partial charge in [-0.2, -0.15) is 0 Å². The number of aryl methyl sites for hydroxylation is 2. The van der Waals surface area contributed by atoms with Crippen LogP contribution in [-0.4, -0.2) is 20.4 Å². The van der Waals surface area contributed by atoms with E-state index in [2.05, 4.69) is 35.2 Å². The number of pyridine rings is 1. The van der Waals surface area contributed by atoms with Gasteiger partial charge in [-0.3, -0.25) is 9.59 Å². The molecule has 0 fully saturated rings. The van der Waals surface area contributed by atoms with E-state index in [0.29, 0.717) is 6.54 Å². The number of carbonyl (C=O) groups excluding carboxylic acids is 1. The summed E-state index contributed by atoms with van der Waals surface area (Å²) in [6.45, 7) is 8.37. The second-order valence-electron chi connectivity index (χ2n) is 7.34. The number of amides is 1. The smallest absolute Gasteiger partial charge is 0.250 e. The molecule has 1 unspecified atom stereocenters. The van der Waals surface area contributed by atoms with Crippen LogP contribution in [0.15, 0.2) is 41.2 Å². The van der Waals surface area contributed by atoms with Crippen LogP contribution in [0.2, 0.25) is 0 Å². The molecule has 2 heterocycles. The maximum Gasteiger partial charge on any atom is 0.250 e. The molecule has 0 spiro atoms. The molecule has 0 radical (unpaired) electrons. The number of rotatable bonds is 6. The number of nitrogens with zero attached hydrogens (tertiary/aromatic N) is 2. The quantitative estimate of drug-likeness (QED) is 0.703. The van der Waals surface area contributed by atoms with Gasteiger partial charge >= 0.3 is 0 Å². The van der Waals surface area contributed by atoms with E-state index in [1.165, 1.54) is 6.07 Å². The summed E-state index contributed by atoms with van der Waals surface area (Å²) in [6.07, 6.45) is 0.243. The van der Waals surface area contributed by atoms with Crippen molar-refractivity contribution in [1.29, 1.82) is 0 Å². The van der Waals surface area contributed by atoms with Crippen molar-refractivity contribution in [3.05, 3.63) is 63.8 Å². The Hall–Kier alpha value is -2.89. The molecular formula is C21H26N4O2. The summed E-state index contributed by atoms with van der Waals surface area (Å²) in [5, 5.41) is 3.07. The highest BCUT2D eigenvalue weighted by molar-refractivity contribution is 5.78. The van der Waals surface area contributed by atoms with Crippen LogP contribution >= 0.6 is 0 Å². The van der Waals surface area contributed by atoms with Gasteiger partial charge in [-0.1, -0.05) is 26.0 Å². The SMILES string of the molecule is Cc1ccc2nc(C(NC(=O)CCn3c(C)cccc3=O)C(C)C)[nH]c2c1. The Morgan fingerprint density at radius 2 is 2.00 bits per heavy atom. The number of fused-ring (bicyclic) bond motifs is 1. The van der Waals surface area contributed by atoms with Crippen LogP contribution in [0, 0.1) is 19.8 Å². The zero-order valence-electron chi connectivity index (χ0n) is 16.2. The van der Waals surface area contributed by atoms with Crippen molar-refractivity contribution < 1.29 is 4.79 Å². The predicted octanol–water partition coefficient (Wildman–Crippen LogP) is 3.25. The molecule has 0 aliphatic heterocycles. The largest absolute Gasteiger partial charge is 0.346 e. The van der Waals surface area contributed by atoms with Crippen LogP contribution in [0.5, 0.6) is 0 Å². The molecule has 6 nitrogen and oxygen atoms in total. The third-order valence-corrected chi connectivity index (χ3v) is 4.76. The van der Waals surface area contributed by atoms with Gasteiger partial charge in [-0.25, -0.2) is 4.98 Å². The maximum absolute atomic E-state index is 12.5. The molecule has 142 valence electrons. The lowest BCUT2D eigenvalue weighted by Gasteiger charge is -2.20. The minimum atomic E-state index is -0.209. The van der Waals surface area contributed by atoms with Crippen molar-refractivity contribution in [1.82, 2.24) is 19.9 Å². The lowest BCUT2D eigenvalue weighted by Crippen LogP contribution is -2.34. The lowest BCUT2D eigenvalue weighted by atomic mass is 10.0. The van der Waals surface area contributed by atoms with E-state index in [-0.39, 0.29) is 29.8 Å². The van der Waals surface area contributed by atoms with E-state index in [1.54, 1.807) is 10.6 Å². The number of H-pyrrole nitrogens is 1. The number of aromatic amines is 1. The molecule has 6 heteroatoms. The topological polar surface area (TPSA) is 79.8 Å². The molecule has 1 amide bonds. The summed E-state index contributed by atoms with van der Waals surface area (Å²) in [5.41, 5.74) is 3.78. The van der Waals surface area contributed by atoms with Crippen LogP contribution in [0.25, 0.3) is 11.0 Å². The van der Waals surface area contributed by atoms with Crippen molar-refractivity contribution in [2.24, 2.45) is 5.92 Å². The van der Waals surface area contributed by atoms with Gasteiger partial charge < -0.3 is 14.9 Å². The van der Waals surface area contributed by atoms with E-state index < -0.39 is 0 Å². The van der Waals surface area contributed by atoms with Crippen molar-refractivity contribution in [3.63, 3.8) is 0 Å². The second kappa shape index (κ2) is 7.78. The Kier molecular flexibility index (Phi) is 5.44. The minimum Gasteiger partial charge on any atom is -0.346 e. The monoisotopic (exact) mass is 366 g/mol. The molecule has 27 heavy (non-hydrogen) atoms. The zero-order valence-corrected chi connectivity index (χ0v) is 16.2. The molecule has 0 aliphatic carbocycles. The van der Waals surface area contributed by atoms with Crippen LogP contribution in [-0.2, 0) is 11.3 Å². The van der Waals surface area contributed by atoms with E-state index in [0.717, 1.165) is 28.1 Å². The molecule has 1 atom stereocenters. The molecule has 1 aromatic carbocycles. The van der Waals surface area contributed by atoms with Gasteiger partial charge in [-0.15, -0.1) is 0 Å². The number of hydrogen-bond donors (Lipinski definition) is 2. The highest BCUT2D eigenvalue weighted by Crippen LogP contribution is 2.23. The first-order chi connectivity index (χ1) is 12.8. The van der Waals surface area contributed by atoms with E-state index in [9.17, 15) is 9.59 Å². The first kappa shape index (κ1) is 18.9. The summed E-state index contributed by atoms with van der Waals surface area (Å²) in [5.74, 6) is 0.837. The summed E-state index contributed by atoms with van der Waals surface area (Å²) in [7, 11) is 0. The van der Waals surface area contributed by atoms with Gasteiger partial charge in [0.1, 0.15) is 5.82 Å². The Balaban J connectivity index is 1.73. The zero-order chi connectivity index (χ0) is 19.6. The Labute approximate surface area is 158 Å². The third kappa shape index (κ3) is 4.27. The van der Waals surface area contributed by atoms with Gasteiger partial charge in [0.25, 0.3) is 5.56 Å². The Bertz CT molecular complexity index is 1020. The normalized spacial score (nSPS) is 12.5. The van der Waals surface area contributed by atoms with Crippen molar-refractivity contribution in [2.45, 2.75) is 46.7 Å². The van der Waals surface area contributed by atoms with Crippen molar-refractivity contribution >= 4 is 16.9 Å². The van der Waals surface area contributed by atoms with Gasteiger partial charge in [0.05, 0.1) is 17.1 Å². The minimum absolute atomic E-state index is 0.0872. The molecule has 0 saturated heterocycles. The summed E-state index contributed by atoms with van der Waals surface area (Å²) >= 11 is 0. The fraction of sp³-hybridized carbons (Fsp3) is 0.381. The molecule has 3 rings (SSSR count). The summed E-state index contributed by atoms with van der Waals surface area (Å²) in [4.78, 5) is 32.5. The first-order valence-electron chi connectivity index (χ1n) is 9.27. The summed E-state index contributed by atoms with van der Waals surface area (Å²) in [6, 6.07) is 11.0. The Morgan fingerprint density at radius 3 is 2.70 bits per heavy atom. The van der Waals surface area contributed by atoms with Crippen LogP contribution in [0.1, 0.15) is 43.4 Å². The van der Waals surface area contributed by atoms with Crippen LogP contribution in [0.4, 0.5) is 0 Å². The second-order valence-corrected chi connectivity index (χ2v) is 7.34. The van der Waals surface area contributed by atoms with Crippen LogP contribution < -0.4 is 10.9 Å². The van der Waals surface area contributed by atoms with Gasteiger partial charge in [0.15, 0.2) is 0 Å². The van der Waals surface area contributed by atoms with Crippen LogP contribution in [0.3, 0.4) is 0 Å². The number of carbonyl (C=O) groups is 1. The highest BCUT2D eigenvalue weighted by atomic mass is 16.2. The first-order valence-corrected chi connectivity index (χ1v) is 9.27. The predicted molar refractivity (Wildman–Crippen MR) is 107 cm³/mol. The standard InChI is InChI=1S/C21H26N4O2/c1-13(2)20(21-22-16-9-8-14(3)12-17(16)23-21)24-18(26)10-11-25-15(4)6-5-7-19(25)27/h5-9,12-13,20H,10-11H2,1-4H3,(H,22,23)(H,24,26). The van der Waals surface area contributed by atoms with Gasteiger partial charge in [0, 0.05) is 24.7 Å². The molecular weight excluding hydrogens is 340 g/mol. The molecule has 2 aromatic heterocycles. The fourth-order valence-electron chi connectivity index (χ4n) is 3.21. The van der Waals surface area contributed by atoms with Crippen molar-refractivity contribution in [2.75, 3.05) is 0 Å². The average molecular weight is 366 g/mol. The number of benzene rings is 1. The lowest BCUT2D eigenvalue weighted by molar-refractivity contribution is -0.122. The molecule has 0 aliphatic rings. The number of nitrogens with one attached hydrogen (secondary N) is 2. The van der Waals surface area contributed by atoms with Gasteiger partial charge in [0.2, 0.25) is 5.91 Å². The summed E-state index contributed by atoms with van der Waals surface area (Å²) < 4.78 is 1.62. The van der Waals surface area contributed by atoms with E-state index >= 15 is 0 Å². The average Bonchev–Trinajstić information content (AvgIpc) is 3.01. The number of aromatic nitrogens is 3. The molecule has 0 saturated carbocycles. The van der Waals surface area contributed by atoms with Crippen molar-refractivity contribution in [3.8, 4) is 0 Å². The third-order valence-electron chi connectivity index (χ3n) is 4.76. The fourth-order valence-corrected chi connectivity index (χ4v) is 3.21. The Morgan fingerprint density at radius 1 is 1.22 bits per heavy atom. The van der Waals surface area contributed by atoms with E-state index in [4.69, 9.17) is 0 Å². The molecule has 3 aromatic rings.